The highest BCUT2D eigenvalue weighted by molar-refractivity contribution is 7.89. The molecule has 0 bridgehead atoms. The number of ether oxygens (including phenoxy) is 2. The van der Waals surface area contributed by atoms with Gasteiger partial charge in [-0.3, -0.25) is 4.98 Å². The normalized spacial score (nSPS) is 17.9. The predicted octanol–water partition coefficient (Wildman–Crippen LogP) is 2.56. The van der Waals surface area contributed by atoms with Crippen molar-refractivity contribution in [1.29, 1.82) is 0 Å². The Bertz CT molecular complexity index is 933. The summed E-state index contributed by atoms with van der Waals surface area (Å²) in [6, 6.07) is 2.03. The molecule has 146 valence electrons. The molecule has 1 aliphatic rings. The fourth-order valence-corrected chi connectivity index (χ4v) is 5.43. The Labute approximate surface area is 160 Å². The van der Waals surface area contributed by atoms with Gasteiger partial charge < -0.3 is 9.47 Å². The number of hydrogen-bond acceptors (Lipinski definition) is 6. The van der Waals surface area contributed by atoms with Crippen molar-refractivity contribution in [2.75, 3.05) is 20.2 Å². The van der Waals surface area contributed by atoms with Gasteiger partial charge in [0.1, 0.15) is 6.10 Å². The van der Waals surface area contributed by atoms with Crippen LogP contribution < -0.4 is 9.47 Å². The first-order valence-electron chi connectivity index (χ1n) is 8.84. The van der Waals surface area contributed by atoms with E-state index in [1.54, 1.807) is 0 Å². The van der Waals surface area contributed by atoms with Gasteiger partial charge in [0.05, 0.1) is 30.9 Å². The number of methoxy groups -OCH3 is 1. The molecule has 1 atom stereocenters. The Balaban J connectivity index is 1.82. The molecule has 0 spiro atoms. The van der Waals surface area contributed by atoms with Crippen molar-refractivity contribution in [3.05, 3.63) is 40.7 Å². The summed E-state index contributed by atoms with van der Waals surface area (Å²) >= 11 is 0. The molecule has 1 aromatic heterocycles. The molecule has 0 radical (unpaired) electrons. The molecule has 1 aromatic carbocycles. The van der Waals surface area contributed by atoms with Crippen molar-refractivity contribution in [3.63, 3.8) is 0 Å². The lowest BCUT2D eigenvalue weighted by Crippen LogP contribution is -2.32. The zero-order chi connectivity index (χ0) is 19.8. The predicted molar refractivity (Wildman–Crippen MR) is 102 cm³/mol. The first-order chi connectivity index (χ1) is 12.7. The molecule has 1 aliphatic heterocycles. The number of sulfonamides is 1. The number of aromatic nitrogens is 2. The Morgan fingerprint density at radius 1 is 1.07 bits per heavy atom. The topological polar surface area (TPSA) is 81.6 Å². The summed E-state index contributed by atoms with van der Waals surface area (Å²) in [6.07, 6.45) is 3.32. The fraction of sp³-hybridized carbons (Fsp3) is 0.474. The molecule has 1 saturated heterocycles. The Morgan fingerprint density at radius 2 is 1.70 bits per heavy atom. The maximum atomic E-state index is 13.3. The van der Waals surface area contributed by atoms with Crippen LogP contribution >= 0.6 is 0 Å². The van der Waals surface area contributed by atoms with E-state index < -0.39 is 10.0 Å². The number of benzene rings is 1. The van der Waals surface area contributed by atoms with E-state index in [0.29, 0.717) is 29.6 Å². The summed E-state index contributed by atoms with van der Waals surface area (Å²) in [6.45, 7) is 8.31. The van der Waals surface area contributed by atoms with E-state index >= 15 is 0 Å². The molecule has 0 amide bonds. The SMILES string of the molecule is COc1cncc(OC2CCN(S(=O)(=O)c3c(C)c(C)cc(C)c3C)C2)n1. The van der Waals surface area contributed by atoms with Gasteiger partial charge in [-0.25, -0.2) is 8.42 Å². The Hall–Kier alpha value is -2.19. The molecule has 3 rings (SSSR count). The number of nitrogens with zero attached hydrogens (tertiary/aromatic N) is 3. The van der Waals surface area contributed by atoms with Crippen LogP contribution in [0.4, 0.5) is 0 Å². The van der Waals surface area contributed by atoms with Gasteiger partial charge in [-0.15, -0.1) is 0 Å². The maximum absolute atomic E-state index is 13.3. The zero-order valence-corrected chi connectivity index (χ0v) is 17.1. The molecule has 0 aliphatic carbocycles. The van der Waals surface area contributed by atoms with E-state index in [-0.39, 0.29) is 12.6 Å². The number of aryl methyl sites for hydroxylation is 2. The summed E-state index contributed by atoms with van der Waals surface area (Å²) in [5, 5.41) is 0. The second-order valence-corrected chi connectivity index (χ2v) is 8.76. The van der Waals surface area contributed by atoms with E-state index in [1.807, 2.05) is 33.8 Å². The van der Waals surface area contributed by atoms with Crippen LogP contribution in [0.2, 0.25) is 0 Å². The summed E-state index contributed by atoms with van der Waals surface area (Å²) in [5.74, 6) is 0.689. The molecule has 1 unspecified atom stereocenters. The van der Waals surface area contributed by atoms with Crippen LogP contribution in [0.1, 0.15) is 28.7 Å². The smallest absolute Gasteiger partial charge is 0.243 e. The van der Waals surface area contributed by atoms with Crippen LogP contribution in [0.3, 0.4) is 0 Å². The van der Waals surface area contributed by atoms with Gasteiger partial charge in [0.25, 0.3) is 0 Å². The highest BCUT2D eigenvalue weighted by Crippen LogP contribution is 2.31. The lowest BCUT2D eigenvalue weighted by Gasteiger charge is -2.21. The third-order valence-electron chi connectivity index (χ3n) is 5.09. The summed E-state index contributed by atoms with van der Waals surface area (Å²) in [7, 11) is -2.08. The summed E-state index contributed by atoms with van der Waals surface area (Å²) < 4.78 is 39.0. The maximum Gasteiger partial charge on any atom is 0.243 e. The van der Waals surface area contributed by atoms with Crippen LogP contribution in [0.25, 0.3) is 0 Å². The highest BCUT2D eigenvalue weighted by atomic mass is 32.2. The van der Waals surface area contributed by atoms with Crippen molar-refractivity contribution in [2.45, 2.75) is 45.1 Å². The highest BCUT2D eigenvalue weighted by Gasteiger charge is 2.36. The number of rotatable bonds is 5. The van der Waals surface area contributed by atoms with Gasteiger partial charge in [-0.1, -0.05) is 6.07 Å². The minimum atomic E-state index is -3.59. The molecular formula is C19H25N3O4S. The first kappa shape index (κ1) is 19.6. The van der Waals surface area contributed by atoms with Crippen LogP contribution in [0, 0.1) is 27.7 Å². The van der Waals surface area contributed by atoms with Gasteiger partial charge in [-0.2, -0.15) is 9.29 Å². The van der Waals surface area contributed by atoms with Crippen LogP contribution in [0.5, 0.6) is 11.8 Å². The lowest BCUT2D eigenvalue weighted by atomic mass is 10.0. The average Bonchev–Trinajstić information content (AvgIpc) is 3.09. The van der Waals surface area contributed by atoms with Crippen molar-refractivity contribution in [1.82, 2.24) is 14.3 Å². The van der Waals surface area contributed by atoms with Gasteiger partial charge in [0.15, 0.2) is 0 Å². The van der Waals surface area contributed by atoms with Crippen molar-refractivity contribution >= 4 is 10.0 Å². The third kappa shape index (κ3) is 3.77. The van der Waals surface area contributed by atoms with Gasteiger partial charge in [0.2, 0.25) is 21.8 Å². The molecular weight excluding hydrogens is 366 g/mol. The zero-order valence-electron chi connectivity index (χ0n) is 16.3. The third-order valence-corrected chi connectivity index (χ3v) is 7.23. The van der Waals surface area contributed by atoms with E-state index in [1.165, 1.54) is 23.8 Å². The van der Waals surface area contributed by atoms with E-state index in [0.717, 1.165) is 22.3 Å². The minimum Gasteiger partial charge on any atom is -0.480 e. The molecule has 1 fully saturated rings. The van der Waals surface area contributed by atoms with Crippen molar-refractivity contribution in [2.24, 2.45) is 0 Å². The quantitative estimate of drug-likeness (QED) is 0.779. The first-order valence-corrected chi connectivity index (χ1v) is 10.3. The van der Waals surface area contributed by atoms with E-state index in [4.69, 9.17) is 9.47 Å². The lowest BCUT2D eigenvalue weighted by molar-refractivity contribution is 0.203. The molecule has 8 heteroatoms. The standard InChI is InChI=1S/C19H25N3O4S/c1-12-8-13(2)15(4)19(14(12)3)27(23,24)22-7-6-16(11-22)26-18-10-20-9-17(21-18)25-5/h8-10,16H,6-7,11H2,1-5H3. The molecule has 2 heterocycles. The van der Waals surface area contributed by atoms with Crippen LogP contribution in [0.15, 0.2) is 23.4 Å². The molecule has 2 aromatic rings. The van der Waals surface area contributed by atoms with E-state index in [9.17, 15) is 8.42 Å². The van der Waals surface area contributed by atoms with Crippen molar-refractivity contribution in [3.8, 4) is 11.8 Å². The largest absolute Gasteiger partial charge is 0.480 e. The van der Waals surface area contributed by atoms with Gasteiger partial charge in [0, 0.05) is 6.54 Å². The van der Waals surface area contributed by atoms with Crippen LogP contribution in [-0.4, -0.2) is 49.0 Å². The fourth-order valence-electron chi connectivity index (χ4n) is 3.37. The molecule has 0 saturated carbocycles. The molecule has 7 nitrogen and oxygen atoms in total. The minimum absolute atomic E-state index is 0.271. The van der Waals surface area contributed by atoms with Crippen LogP contribution in [-0.2, 0) is 10.0 Å². The molecule has 0 N–H and O–H groups in total. The van der Waals surface area contributed by atoms with E-state index in [2.05, 4.69) is 9.97 Å². The monoisotopic (exact) mass is 391 g/mol. The summed E-state index contributed by atoms with van der Waals surface area (Å²) in [5.41, 5.74) is 3.58. The second-order valence-electron chi connectivity index (χ2n) is 6.88. The Kier molecular flexibility index (Phi) is 5.39. The van der Waals surface area contributed by atoms with Gasteiger partial charge >= 0.3 is 0 Å². The summed E-state index contributed by atoms with van der Waals surface area (Å²) in [4.78, 5) is 8.61. The van der Waals surface area contributed by atoms with Gasteiger partial charge in [-0.05, 0) is 56.4 Å². The van der Waals surface area contributed by atoms with Crippen molar-refractivity contribution < 1.29 is 17.9 Å². The second kappa shape index (κ2) is 7.44. The Morgan fingerprint density at radius 3 is 2.33 bits per heavy atom. The number of hydrogen-bond donors (Lipinski definition) is 0. The average molecular weight is 391 g/mol. The molecule has 27 heavy (non-hydrogen) atoms.